The summed E-state index contributed by atoms with van der Waals surface area (Å²) in [6.45, 7) is 3.32. The van der Waals surface area contributed by atoms with Crippen LogP contribution in [-0.4, -0.2) is 41.8 Å². The number of aromatic nitrogens is 1. The van der Waals surface area contributed by atoms with Crippen molar-refractivity contribution in [2.45, 2.75) is 26.3 Å². The van der Waals surface area contributed by atoms with Crippen molar-refractivity contribution in [3.05, 3.63) is 24.0 Å². The molecule has 2 N–H and O–H groups in total. The SMILES string of the molecule is COCCn1cccc1C(=O)NCCCC(C)C(=O)O. The van der Waals surface area contributed by atoms with E-state index in [0.717, 1.165) is 0 Å². The maximum absolute atomic E-state index is 12.0. The molecule has 0 fully saturated rings. The fourth-order valence-electron chi connectivity index (χ4n) is 1.83. The number of nitrogens with one attached hydrogen (secondary N) is 1. The van der Waals surface area contributed by atoms with E-state index in [0.29, 0.717) is 38.2 Å². The van der Waals surface area contributed by atoms with Gasteiger partial charge in [-0.05, 0) is 25.0 Å². The minimum Gasteiger partial charge on any atom is -0.481 e. The van der Waals surface area contributed by atoms with Crippen LogP contribution in [0.1, 0.15) is 30.3 Å². The van der Waals surface area contributed by atoms with Crippen molar-refractivity contribution >= 4 is 11.9 Å². The topological polar surface area (TPSA) is 80.6 Å². The Morgan fingerprint density at radius 3 is 2.90 bits per heavy atom. The van der Waals surface area contributed by atoms with Crippen LogP contribution in [0.25, 0.3) is 0 Å². The van der Waals surface area contributed by atoms with Gasteiger partial charge in [0.05, 0.1) is 12.5 Å². The van der Waals surface area contributed by atoms with Crippen molar-refractivity contribution in [1.29, 1.82) is 0 Å². The monoisotopic (exact) mass is 282 g/mol. The molecule has 1 heterocycles. The molecule has 0 aliphatic carbocycles. The summed E-state index contributed by atoms with van der Waals surface area (Å²) < 4.78 is 6.82. The largest absolute Gasteiger partial charge is 0.481 e. The highest BCUT2D eigenvalue weighted by Gasteiger charge is 2.12. The Hall–Kier alpha value is -1.82. The highest BCUT2D eigenvalue weighted by molar-refractivity contribution is 5.92. The van der Waals surface area contributed by atoms with Crippen molar-refractivity contribution in [2.24, 2.45) is 5.92 Å². The molecule has 0 aromatic carbocycles. The second-order valence-electron chi connectivity index (χ2n) is 4.72. The number of carboxylic acids is 1. The second kappa shape index (κ2) is 8.37. The summed E-state index contributed by atoms with van der Waals surface area (Å²) in [7, 11) is 1.62. The van der Waals surface area contributed by atoms with Crippen molar-refractivity contribution < 1.29 is 19.4 Å². The molecular formula is C14H22N2O4. The lowest BCUT2D eigenvalue weighted by molar-refractivity contribution is -0.141. The number of amides is 1. The Balaban J connectivity index is 2.36. The number of ether oxygens (including phenoxy) is 1. The van der Waals surface area contributed by atoms with E-state index in [2.05, 4.69) is 5.32 Å². The Morgan fingerprint density at radius 1 is 1.50 bits per heavy atom. The van der Waals surface area contributed by atoms with Crippen LogP contribution in [-0.2, 0) is 16.1 Å². The maximum Gasteiger partial charge on any atom is 0.306 e. The normalized spacial score (nSPS) is 12.1. The lowest BCUT2D eigenvalue weighted by atomic mass is 10.1. The molecule has 0 bridgehead atoms. The fraction of sp³-hybridized carbons (Fsp3) is 0.571. The summed E-state index contributed by atoms with van der Waals surface area (Å²) in [6.07, 6.45) is 3.04. The molecule has 1 atom stereocenters. The van der Waals surface area contributed by atoms with E-state index in [1.54, 1.807) is 20.1 Å². The first kappa shape index (κ1) is 16.2. The van der Waals surface area contributed by atoms with Crippen LogP contribution in [0.3, 0.4) is 0 Å². The van der Waals surface area contributed by atoms with Gasteiger partial charge in [-0.3, -0.25) is 9.59 Å². The second-order valence-corrected chi connectivity index (χ2v) is 4.72. The molecule has 0 aliphatic heterocycles. The number of hydrogen-bond donors (Lipinski definition) is 2. The Morgan fingerprint density at radius 2 is 2.25 bits per heavy atom. The number of nitrogens with zero attached hydrogens (tertiary/aromatic N) is 1. The summed E-state index contributed by atoms with van der Waals surface area (Å²) in [4.78, 5) is 22.6. The number of methoxy groups -OCH3 is 1. The zero-order chi connectivity index (χ0) is 15.0. The molecule has 0 radical (unpaired) electrons. The molecule has 6 nitrogen and oxygen atoms in total. The predicted octanol–water partition coefficient (Wildman–Crippen LogP) is 1.37. The molecule has 20 heavy (non-hydrogen) atoms. The highest BCUT2D eigenvalue weighted by atomic mass is 16.5. The first-order valence-corrected chi connectivity index (χ1v) is 6.71. The van der Waals surface area contributed by atoms with E-state index in [-0.39, 0.29) is 11.8 Å². The first-order chi connectivity index (χ1) is 9.56. The van der Waals surface area contributed by atoms with Gasteiger partial charge < -0.3 is 19.7 Å². The fourth-order valence-corrected chi connectivity index (χ4v) is 1.83. The van der Waals surface area contributed by atoms with Crippen LogP contribution in [0.15, 0.2) is 18.3 Å². The molecule has 112 valence electrons. The molecule has 0 spiro atoms. The average Bonchev–Trinajstić information content (AvgIpc) is 2.88. The van der Waals surface area contributed by atoms with Crippen LogP contribution < -0.4 is 5.32 Å². The van der Waals surface area contributed by atoms with E-state index in [4.69, 9.17) is 9.84 Å². The summed E-state index contributed by atoms with van der Waals surface area (Å²) in [5, 5.41) is 11.6. The number of carbonyl (C=O) groups is 2. The maximum atomic E-state index is 12.0. The van der Waals surface area contributed by atoms with E-state index >= 15 is 0 Å². The molecule has 1 aromatic rings. The lowest BCUT2D eigenvalue weighted by Crippen LogP contribution is -2.27. The van der Waals surface area contributed by atoms with Gasteiger partial charge in [0.15, 0.2) is 0 Å². The Labute approximate surface area is 118 Å². The number of carboxylic acid groups (broad SMARTS) is 1. The van der Waals surface area contributed by atoms with Gasteiger partial charge in [0.1, 0.15) is 5.69 Å². The third kappa shape index (κ3) is 5.05. The van der Waals surface area contributed by atoms with Gasteiger partial charge in [-0.1, -0.05) is 6.92 Å². The van der Waals surface area contributed by atoms with E-state index in [1.807, 2.05) is 16.8 Å². The molecule has 6 heteroatoms. The Bertz CT molecular complexity index is 442. The van der Waals surface area contributed by atoms with Gasteiger partial charge in [-0.25, -0.2) is 0 Å². The smallest absolute Gasteiger partial charge is 0.306 e. The first-order valence-electron chi connectivity index (χ1n) is 6.71. The van der Waals surface area contributed by atoms with E-state index in [9.17, 15) is 9.59 Å². The molecule has 0 saturated carbocycles. The van der Waals surface area contributed by atoms with Gasteiger partial charge in [0.2, 0.25) is 0 Å². The molecule has 0 saturated heterocycles. The van der Waals surface area contributed by atoms with Gasteiger partial charge in [-0.2, -0.15) is 0 Å². The van der Waals surface area contributed by atoms with Gasteiger partial charge in [-0.15, -0.1) is 0 Å². The standard InChI is InChI=1S/C14H22N2O4/c1-11(14(18)19)5-3-7-15-13(17)12-6-4-8-16(12)9-10-20-2/h4,6,8,11H,3,5,7,9-10H2,1-2H3,(H,15,17)(H,18,19). The lowest BCUT2D eigenvalue weighted by Gasteiger charge is -2.10. The minimum atomic E-state index is -0.801. The minimum absolute atomic E-state index is 0.144. The zero-order valence-electron chi connectivity index (χ0n) is 12.0. The van der Waals surface area contributed by atoms with E-state index in [1.165, 1.54) is 0 Å². The number of carbonyl (C=O) groups excluding carboxylic acids is 1. The summed E-state index contributed by atoms with van der Waals surface area (Å²) in [5.41, 5.74) is 0.591. The molecular weight excluding hydrogens is 260 g/mol. The number of hydrogen-bond acceptors (Lipinski definition) is 3. The average molecular weight is 282 g/mol. The van der Waals surface area contributed by atoms with Crippen LogP contribution in [0, 0.1) is 5.92 Å². The molecule has 1 amide bonds. The quantitative estimate of drug-likeness (QED) is 0.670. The van der Waals surface area contributed by atoms with Crippen molar-refractivity contribution in [2.75, 3.05) is 20.3 Å². The summed E-state index contributed by atoms with van der Waals surface area (Å²) >= 11 is 0. The zero-order valence-corrected chi connectivity index (χ0v) is 12.0. The predicted molar refractivity (Wildman–Crippen MR) is 74.7 cm³/mol. The van der Waals surface area contributed by atoms with E-state index < -0.39 is 5.97 Å². The summed E-state index contributed by atoms with van der Waals surface area (Å²) in [6, 6.07) is 3.57. The summed E-state index contributed by atoms with van der Waals surface area (Å²) in [5.74, 6) is -1.32. The third-order valence-corrected chi connectivity index (χ3v) is 3.12. The van der Waals surface area contributed by atoms with Crippen LogP contribution >= 0.6 is 0 Å². The highest BCUT2D eigenvalue weighted by Crippen LogP contribution is 2.05. The van der Waals surface area contributed by atoms with Crippen LogP contribution in [0.5, 0.6) is 0 Å². The molecule has 1 aromatic heterocycles. The molecule has 1 unspecified atom stereocenters. The van der Waals surface area contributed by atoms with Crippen LogP contribution in [0.2, 0.25) is 0 Å². The van der Waals surface area contributed by atoms with Crippen molar-refractivity contribution in [3.63, 3.8) is 0 Å². The van der Waals surface area contributed by atoms with Gasteiger partial charge >= 0.3 is 5.97 Å². The Kier molecular flexibility index (Phi) is 6.79. The van der Waals surface area contributed by atoms with Crippen LogP contribution in [0.4, 0.5) is 0 Å². The third-order valence-electron chi connectivity index (χ3n) is 3.12. The number of aliphatic carboxylic acids is 1. The molecule has 1 rings (SSSR count). The van der Waals surface area contributed by atoms with Gasteiger partial charge in [0.25, 0.3) is 5.91 Å². The van der Waals surface area contributed by atoms with Crippen molar-refractivity contribution in [3.8, 4) is 0 Å². The number of rotatable bonds is 9. The van der Waals surface area contributed by atoms with Crippen molar-refractivity contribution in [1.82, 2.24) is 9.88 Å². The van der Waals surface area contributed by atoms with Gasteiger partial charge in [0, 0.05) is 26.4 Å². The molecule has 0 aliphatic rings.